The summed E-state index contributed by atoms with van der Waals surface area (Å²) in [5, 5.41) is 8.61. The van der Waals surface area contributed by atoms with Gasteiger partial charge in [-0.05, 0) is 48.7 Å². The van der Waals surface area contributed by atoms with Crippen LogP contribution in [0.3, 0.4) is 0 Å². The largest absolute Gasteiger partial charge is 0.493 e. The molecule has 0 spiro atoms. The van der Waals surface area contributed by atoms with Crippen LogP contribution < -0.4 is 20.3 Å². The number of aromatic nitrogens is 3. The molecule has 0 aliphatic rings. The summed E-state index contributed by atoms with van der Waals surface area (Å²) < 4.78 is 12.0. The number of ether oxygens (including phenoxy) is 2. The van der Waals surface area contributed by atoms with Crippen molar-refractivity contribution in [2.75, 3.05) is 20.8 Å². The third-order valence-electron chi connectivity index (χ3n) is 5.71. The van der Waals surface area contributed by atoms with Gasteiger partial charge in [0.1, 0.15) is 0 Å². The molecule has 0 aliphatic heterocycles. The molecule has 2 N–H and O–H groups in total. The van der Waals surface area contributed by atoms with E-state index in [9.17, 15) is 9.59 Å². The topological polar surface area (TPSA) is 98.2 Å². The van der Waals surface area contributed by atoms with Crippen molar-refractivity contribution in [3.8, 4) is 22.8 Å². The Kier molecular flexibility index (Phi) is 7.27. The number of nitrogens with one attached hydrogen (secondary N) is 2. The van der Waals surface area contributed by atoms with Crippen molar-refractivity contribution in [3.63, 3.8) is 0 Å². The van der Waals surface area contributed by atoms with Crippen LogP contribution in [0.4, 0.5) is 0 Å². The second-order valence-corrected chi connectivity index (χ2v) is 7.91. The minimum Gasteiger partial charge on any atom is -0.493 e. The van der Waals surface area contributed by atoms with Gasteiger partial charge in [-0.15, -0.1) is 0 Å². The van der Waals surface area contributed by atoms with Crippen LogP contribution in [0.5, 0.6) is 11.5 Å². The Hall–Kier alpha value is -4.07. The van der Waals surface area contributed by atoms with Crippen LogP contribution in [0.25, 0.3) is 22.2 Å². The highest BCUT2D eigenvalue weighted by Crippen LogP contribution is 2.31. The molecule has 176 valence electrons. The number of carbonyl (C=O) groups is 1. The average molecular weight is 461 g/mol. The molecule has 0 saturated carbocycles. The molecule has 1 amide bonds. The van der Waals surface area contributed by atoms with Crippen LogP contribution in [-0.2, 0) is 17.8 Å². The zero-order valence-corrected chi connectivity index (χ0v) is 19.3. The van der Waals surface area contributed by atoms with Crippen LogP contribution in [0.2, 0.25) is 0 Å². The van der Waals surface area contributed by atoms with Crippen molar-refractivity contribution in [1.82, 2.24) is 20.1 Å². The van der Waals surface area contributed by atoms with Gasteiger partial charge in [0.2, 0.25) is 5.91 Å². The second-order valence-electron chi connectivity index (χ2n) is 7.91. The molecule has 0 aliphatic carbocycles. The minimum absolute atomic E-state index is 0.0380. The SMILES string of the molecule is COc1ccc(-c2ccc(=O)n(CCCC(=O)NCCc3c[nH]c4ccccc34)n2)cc1OC. The first-order valence-corrected chi connectivity index (χ1v) is 11.2. The molecule has 2 aromatic carbocycles. The molecule has 4 rings (SSSR count). The summed E-state index contributed by atoms with van der Waals surface area (Å²) in [6, 6.07) is 16.8. The predicted octanol–water partition coefficient (Wildman–Crippen LogP) is 3.55. The number of amides is 1. The number of para-hydroxylation sites is 1. The lowest BCUT2D eigenvalue weighted by molar-refractivity contribution is -0.121. The third-order valence-corrected chi connectivity index (χ3v) is 5.71. The molecular formula is C26H28N4O4. The first kappa shape index (κ1) is 23.1. The molecule has 8 heteroatoms. The van der Waals surface area contributed by atoms with E-state index in [2.05, 4.69) is 21.5 Å². The highest BCUT2D eigenvalue weighted by atomic mass is 16.5. The monoisotopic (exact) mass is 460 g/mol. The zero-order valence-electron chi connectivity index (χ0n) is 19.3. The Morgan fingerprint density at radius 2 is 1.88 bits per heavy atom. The van der Waals surface area contributed by atoms with Gasteiger partial charge in [-0.3, -0.25) is 9.59 Å². The average Bonchev–Trinajstić information content (AvgIpc) is 3.28. The van der Waals surface area contributed by atoms with E-state index in [4.69, 9.17) is 9.47 Å². The van der Waals surface area contributed by atoms with Crippen molar-refractivity contribution in [1.29, 1.82) is 0 Å². The fourth-order valence-corrected chi connectivity index (χ4v) is 3.91. The molecule has 0 saturated heterocycles. The van der Waals surface area contributed by atoms with Gasteiger partial charge in [0, 0.05) is 48.2 Å². The molecule has 34 heavy (non-hydrogen) atoms. The number of carbonyl (C=O) groups excluding carboxylic acids is 1. The molecule has 0 bridgehead atoms. The Labute approximate surface area is 197 Å². The maximum absolute atomic E-state index is 12.3. The first-order valence-electron chi connectivity index (χ1n) is 11.2. The Bertz CT molecular complexity index is 1340. The molecule has 8 nitrogen and oxygen atoms in total. The van der Waals surface area contributed by atoms with E-state index in [0.717, 1.165) is 17.5 Å². The molecule has 0 fully saturated rings. The number of hydrogen-bond acceptors (Lipinski definition) is 5. The summed E-state index contributed by atoms with van der Waals surface area (Å²) in [6.07, 6.45) is 3.58. The molecule has 0 radical (unpaired) electrons. The third kappa shape index (κ3) is 5.28. The number of fused-ring (bicyclic) bond motifs is 1. The smallest absolute Gasteiger partial charge is 0.266 e. The van der Waals surface area contributed by atoms with E-state index in [0.29, 0.717) is 43.1 Å². The van der Waals surface area contributed by atoms with Gasteiger partial charge in [0.15, 0.2) is 11.5 Å². The van der Waals surface area contributed by atoms with Crippen LogP contribution in [-0.4, -0.2) is 41.4 Å². The van der Waals surface area contributed by atoms with E-state index in [-0.39, 0.29) is 11.5 Å². The highest BCUT2D eigenvalue weighted by Gasteiger charge is 2.10. The minimum atomic E-state index is -0.205. The van der Waals surface area contributed by atoms with Gasteiger partial charge in [0.25, 0.3) is 5.56 Å². The van der Waals surface area contributed by atoms with Gasteiger partial charge in [-0.1, -0.05) is 18.2 Å². The molecule has 4 aromatic rings. The molecule has 0 unspecified atom stereocenters. The van der Waals surface area contributed by atoms with Crippen molar-refractivity contribution in [3.05, 3.63) is 76.7 Å². The second kappa shape index (κ2) is 10.7. The number of methoxy groups -OCH3 is 2. The normalized spacial score (nSPS) is 10.9. The number of H-pyrrole nitrogens is 1. The van der Waals surface area contributed by atoms with Gasteiger partial charge < -0.3 is 19.8 Å². The zero-order chi connectivity index (χ0) is 23.9. The summed E-state index contributed by atoms with van der Waals surface area (Å²) in [5.74, 6) is 1.17. The summed E-state index contributed by atoms with van der Waals surface area (Å²) in [4.78, 5) is 27.8. The summed E-state index contributed by atoms with van der Waals surface area (Å²) in [7, 11) is 3.15. The number of nitrogens with zero attached hydrogens (tertiary/aromatic N) is 2. The maximum atomic E-state index is 12.3. The maximum Gasteiger partial charge on any atom is 0.266 e. The van der Waals surface area contributed by atoms with Gasteiger partial charge >= 0.3 is 0 Å². The number of aryl methyl sites for hydroxylation is 1. The van der Waals surface area contributed by atoms with Crippen LogP contribution in [0.1, 0.15) is 18.4 Å². The quantitative estimate of drug-likeness (QED) is 0.377. The lowest BCUT2D eigenvalue weighted by Crippen LogP contribution is -2.27. The van der Waals surface area contributed by atoms with E-state index < -0.39 is 0 Å². The lowest BCUT2D eigenvalue weighted by atomic mass is 10.1. The van der Waals surface area contributed by atoms with Crippen LogP contribution in [0.15, 0.2) is 65.6 Å². The molecular weight excluding hydrogens is 432 g/mol. The summed E-state index contributed by atoms with van der Waals surface area (Å²) >= 11 is 0. The van der Waals surface area contributed by atoms with E-state index in [1.807, 2.05) is 36.5 Å². The lowest BCUT2D eigenvalue weighted by Gasteiger charge is -2.11. The number of benzene rings is 2. The Morgan fingerprint density at radius 3 is 2.71 bits per heavy atom. The van der Waals surface area contributed by atoms with Crippen molar-refractivity contribution in [2.24, 2.45) is 0 Å². The van der Waals surface area contributed by atoms with Crippen molar-refractivity contribution < 1.29 is 14.3 Å². The van der Waals surface area contributed by atoms with Crippen LogP contribution in [0, 0.1) is 0 Å². The van der Waals surface area contributed by atoms with E-state index >= 15 is 0 Å². The molecule has 2 heterocycles. The van der Waals surface area contributed by atoms with Crippen molar-refractivity contribution in [2.45, 2.75) is 25.8 Å². The summed E-state index contributed by atoms with van der Waals surface area (Å²) in [5.41, 5.74) is 3.52. The van der Waals surface area contributed by atoms with Gasteiger partial charge in [0.05, 0.1) is 19.9 Å². The predicted molar refractivity (Wildman–Crippen MR) is 131 cm³/mol. The number of aromatic amines is 1. The standard InChI is InChI=1S/C26H28N4O4/c1-33-23-11-9-18(16-24(23)34-2)21-10-12-26(32)30(29-21)15-5-8-25(31)27-14-13-19-17-28-22-7-4-3-6-20(19)22/h3-4,6-7,9-12,16-17,28H,5,8,13-15H2,1-2H3,(H,27,31). The van der Waals surface area contributed by atoms with E-state index in [1.54, 1.807) is 26.4 Å². The fourth-order valence-electron chi connectivity index (χ4n) is 3.91. The molecule has 0 atom stereocenters. The fraction of sp³-hybridized carbons (Fsp3) is 0.269. The van der Waals surface area contributed by atoms with Crippen molar-refractivity contribution >= 4 is 16.8 Å². The van der Waals surface area contributed by atoms with Crippen LogP contribution >= 0.6 is 0 Å². The number of hydrogen-bond donors (Lipinski definition) is 2. The number of rotatable bonds is 10. The van der Waals surface area contributed by atoms with E-state index in [1.165, 1.54) is 21.7 Å². The summed E-state index contributed by atoms with van der Waals surface area (Å²) in [6.45, 7) is 0.920. The first-order chi connectivity index (χ1) is 16.6. The Balaban J connectivity index is 1.30. The highest BCUT2D eigenvalue weighted by molar-refractivity contribution is 5.83. The van der Waals surface area contributed by atoms with Gasteiger partial charge in [-0.2, -0.15) is 5.10 Å². The van der Waals surface area contributed by atoms with Gasteiger partial charge in [-0.25, -0.2) is 4.68 Å². The molecule has 2 aromatic heterocycles. The Morgan fingerprint density at radius 1 is 1.06 bits per heavy atom.